The van der Waals surface area contributed by atoms with Crippen molar-refractivity contribution >= 4 is 5.91 Å². The van der Waals surface area contributed by atoms with Crippen molar-refractivity contribution in [2.45, 2.75) is 47.5 Å². The number of nitrogens with zero attached hydrogens (tertiary/aromatic N) is 1. The van der Waals surface area contributed by atoms with Crippen molar-refractivity contribution < 1.29 is 4.79 Å². The highest BCUT2D eigenvalue weighted by Gasteiger charge is 2.36. The monoisotopic (exact) mass is 240 g/mol. The van der Waals surface area contributed by atoms with Crippen LogP contribution in [0.3, 0.4) is 0 Å². The molecule has 0 radical (unpaired) electrons. The average Bonchev–Trinajstić information content (AvgIpc) is 2.57. The molecule has 3 heteroatoms. The predicted molar refractivity (Wildman–Crippen MR) is 71.6 cm³/mol. The Hall–Kier alpha value is -0.570. The molecule has 100 valence electrons. The molecule has 1 unspecified atom stereocenters. The van der Waals surface area contributed by atoms with Gasteiger partial charge in [0.15, 0.2) is 0 Å². The van der Waals surface area contributed by atoms with E-state index in [-0.39, 0.29) is 10.8 Å². The molecule has 1 aliphatic heterocycles. The van der Waals surface area contributed by atoms with Crippen LogP contribution < -0.4 is 5.73 Å². The summed E-state index contributed by atoms with van der Waals surface area (Å²) in [5.41, 5.74) is 6.09. The van der Waals surface area contributed by atoms with E-state index in [0.717, 1.165) is 19.5 Å². The van der Waals surface area contributed by atoms with E-state index in [2.05, 4.69) is 34.6 Å². The second kappa shape index (κ2) is 4.97. The van der Waals surface area contributed by atoms with Crippen LogP contribution in [0.4, 0.5) is 0 Å². The van der Waals surface area contributed by atoms with Gasteiger partial charge in [-0.25, -0.2) is 0 Å². The second-order valence-corrected chi connectivity index (χ2v) is 7.23. The van der Waals surface area contributed by atoms with Crippen LogP contribution in [-0.4, -0.2) is 30.4 Å². The summed E-state index contributed by atoms with van der Waals surface area (Å²) in [5.74, 6) is 0.814. The van der Waals surface area contributed by atoms with Gasteiger partial charge in [-0.2, -0.15) is 0 Å². The molecule has 2 N–H and O–H groups in total. The van der Waals surface area contributed by atoms with E-state index in [1.807, 2.05) is 4.90 Å². The standard InChI is InChI=1S/C14H28N2O/c1-13(2,3)11-8-12(17)16(9-11)7-6-14(4,5)10-15/h11H,6-10,15H2,1-5H3. The van der Waals surface area contributed by atoms with Crippen LogP contribution in [0.15, 0.2) is 0 Å². The Balaban J connectivity index is 2.50. The van der Waals surface area contributed by atoms with E-state index < -0.39 is 0 Å². The predicted octanol–water partition coefficient (Wildman–Crippen LogP) is 2.26. The minimum absolute atomic E-state index is 0.139. The first-order valence-corrected chi connectivity index (χ1v) is 6.63. The maximum atomic E-state index is 11.9. The Morgan fingerprint density at radius 2 is 1.88 bits per heavy atom. The van der Waals surface area contributed by atoms with Gasteiger partial charge in [0.25, 0.3) is 0 Å². The Kier molecular flexibility index (Phi) is 4.23. The fourth-order valence-electron chi connectivity index (χ4n) is 2.11. The zero-order valence-electron chi connectivity index (χ0n) is 12.0. The number of amides is 1. The molecule has 0 aromatic rings. The first-order valence-electron chi connectivity index (χ1n) is 6.63. The summed E-state index contributed by atoms with van der Waals surface area (Å²) in [6, 6.07) is 0. The molecule has 0 saturated carbocycles. The van der Waals surface area contributed by atoms with E-state index in [1.54, 1.807) is 0 Å². The summed E-state index contributed by atoms with van der Waals surface area (Å²) in [6.45, 7) is 13.4. The number of carbonyl (C=O) groups excluding carboxylic acids is 1. The molecule has 1 heterocycles. The molecule has 0 aromatic heterocycles. The van der Waals surface area contributed by atoms with E-state index in [1.165, 1.54) is 0 Å². The lowest BCUT2D eigenvalue weighted by atomic mass is 9.80. The molecule has 0 aromatic carbocycles. The van der Waals surface area contributed by atoms with Crippen molar-refractivity contribution in [1.29, 1.82) is 0 Å². The summed E-state index contributed by atoms with van der Waals surface area (Å²) in [4.78, 5) is 14.0. The quantitative estimate of drug-likeness (QED) is 0.819. The van der Waals surface area contributed by atoms with Crippen LogP contribution in [0.25, 0.3) is 0 Å². The Bertz CT molecular complexity index is 278. The topological polar surface area (TPSA) is 46.3 Å². The Labute approximate surface area is 106 Å². The van der Waals surface area contributed by atoms with Gasteiger partial charge in [0.05, 0.1) is 0 Å². The number of rotatable bonds is 4. The number of nitrogens with two attached hydrogens (primary N) is 1. The van der Waals surface area contributed by atoms with Gasteiger partial charge in [0.1, 0.15) is 0 Å². The Morgan fingerprint density at radius 3 is 2.29 bits per heavy atom. The van der Waals surface area contributed by atoms with Crippen molar-refractivity contribution in [3.8, 4) is 0 Å². The molecule has 0 bridgehead atoms. The minimum Gasteiger partial charge on any atom is -0.342 e. The average molecular weight is 240 g/mol. The second-order valence-electron chi connectivity index (χ2n) is 7.23. The molecule has 0 aliphatic carbocycles. The molecule has 1 atom stereocenters. The van der Waals surface area contributed by atoms with Gasteiger partial charge in [0, 0.05) is 19.5 Å². The third-order valence-electron chi connectivity index (χ3n) is 4.05. The van der Waals surface area contributed by atoms with Crippen molar-refractivity contribution in [1.82, 2.24) is 4.90 Å². The van der Waals surface area contributed by atoms with E-state index >= 15 is 0 Å². The first kappa shape index (κ1) is 14.5. The van der Waals surface area contributed by atoms with Gasteiger partial charge in [-0.05, 0) is 29.7 Å². The van der Waals surface area contributed by atoms with Gasteiger partial charge in [-0.3, -0.25) is 4.79 Å². The summed E-state index contributed by atoms with van der Waals surface area (Å²) in [6.07, 6.45) is 1.71. The minimum atomic E-state index is 0.139. The summed E-state index contributed by atoms with van der Waals surface area (Å²) < 4.78 is 0. The molecule has 17 heavy (non-hydrogen) atoms. The summed E-state index contributed by atoms with van der Waals surface area (Å²) in [7, 11) is 0. The number of hydrogen-bond donors (Lipinski definition) is 1. The number of likely N-dealkylation sites (tertiary alicyclic amines) is 1. The van der Waals surface area contributed by atoms with Crippen LogP contribution in [0.1, 0.15) is 47.5 Å². The lowest BCUT2D eigenvalue weighted by Gasteiger charge is -2.28. The zero-order chi connectivity index (χ0) is 13.3. The molecule has 1 fully saturated rings. The number of carbonyl (C=O) groups is 1. The molecule has 0 spiro atoms. The largest absolute Gasteiger partial charge is 0.342 e. The smallest absolute Gasteiger partial charge is 0.222 e. The highest BCUT2D eigenvalue weighted by atomic mass is 16.2. The van der Waals surface area contributed by atoms with Crippen molar-refractivity contribution in [2.75, 3.05) is 19.6 Å². The van der Waals surface area contributed by atoms with Gasteiger partial charge in [0.2, 0.25) is 5.91 Å². The summed E-state index contributed by atoms with van der Waals surface area (Å²) >= 11 is 0. The van der Waals surface area contributed by atoms with Gasteiger partial charge in [-0.1, -0.05) is 34.6 Å². The SMILES string of the molecule is CC(C)(CN)CCN1CC(C(C)(C)C)CC1=O. The molecule has 1 saturated heterocycles. The van der Waals surface area contributed by atoms with Gasteiger partial charge >= 0.3 is 0 Å². The summed E-state index contributed by atoms with van der Waals surface area (Å²) in [5, 5.41) is 0. The van der Waals surface area contributed by atoms with Crippen molar-refractivity contribution in [2.24, 2.45) is 22.5 Å². The normalized spacial score (nSPS) is 22.4. The van der Waals surface area contributed by atoms with Crippen LogP contribution in [-0.2, 0) is 4.79 Å². The van der Waals surface area contributed by atoms with Crippen LogP contribution in [0.2, 0.25) is 0 Å². The molecule has 1 amide bonds. The third-order valence-corrected chi connectivity index (χ3v) is 4.05. The maximum Gasteiger partial charge on any atom is 0.222 e. The van der Waals surface area contributed by atoms with E-state index in [4.69, 9.17) is 5.73 Å². The van der Waals surface area contributed by atoms with E-state index in [9.17, 15) is 4.79 Å². The van der Waals surface area contributed by atoms with E-state index in [0.29, 0.717) is 24.8 Å². The van der Waals surface area contributed by atoms with Crippen LogP contribution >= 0.6 is 0 Å². The lowest BCUT2D eigenvalue weighted by molar-refractivity contribution is -0.128. The molecular formula is C14H28N2O. The lowest BCUT2D eigenvalue weighted by Crippen LogP contribution is -2.33. The van der Waals surface area contributed by atoms with Crippen LogP contribution in [0, 0.1) is 16.7 Å². The maximum absolute atomic E-state index is 11.9. The highest BCUT2D eigenvalue weighted by Crippen LogP contribution is 2.34. The first-order chi connectivity index (χ1) is 7.65. The molecule has 1 aliphatic rings. The Morgan fingerprint density at radius 1 is 1.29 bits per heavy atom. The van der Waals surface area contributed by atoms with Crippen molar-refractivity contribution in [3.05, 3.63) is 0 Å². The fraction of sp³-hybridized carbons (Fsp3) is 0.929. The van der Waals surface area contributed by atoms with Gasteiger partial charge < -0.3 is 10.6 Å². The van der Waals surface area contributed by atoms with Crippen LogP contribution in [0.5, 0.6) is 0 Å². The zero-order valence-corrected chi connectivity index (χ0v) is 12.0. The highest BCUT2D eigenvalue weighted by molar-refractivity contribution is 5.78. The van der Waals surface area contributed by atoms with Gasteiger partial charge in [-0.15, -0.1) is 0 Å². The number of hydrogen-bond acceptors (Lipinski definition) is 2. The third kappa shape index (κ3) is 3.98. The molecular weight excluding hydrogens is 212 g/mol. The molecule has 1 rings (SSSR count). The molecule has 3 nitrogen and oxygen atoms in total. The van der Waals surface area contributed by atoms with Crippen molar-refractivity contribution in [3.63, 3.8) is 0 Å². The fourth-order valence-corrected chi connectivity index (χ4v) is 2.11.